The van der Waals surface area contributed by atoms with Crippen LogP contribution in [0.15, 0.2) is 63.1 Å². The van der Waals surface area contributed by atoms with Crippen molar-refractivity contribution in [3.63, 3.8) is 0 Å². The van der Waals surface area contributed by atoms with Gasteiger partial charge in [-0.25, -0.2) is 4.39 Å². The van der Waals surface area contributed by atoms with Gasteiger partial charge in [-0.05, 0) is 49.7 Å². The summed E-state index contributed by atoms with van der Waals surface area (Å²) in [6.45, 7) is 3.34. The zero-order valence-electron chi connectivity index (χ0n) is 15.8. The Bertz CT molecular complexity index is 1130. The third kappa shape index (κ3) is 3.24. The molecule has 1 fully saturated rings. The third-order valence-electron chi connectivity index (χ3n) is 4.92. The van der Waals surface area contributed by atoms with Gasteiger partial charge in [0.2, 0.25) is 0 Å². The zero-order valence-corrected chi connectivity index (χ0v) is 15.8. The number of amides is 1. The Kier molecular flexibility index (Phi) is 4.58. The molecular weight excluding hydrogens is 377 g/mol. The number of ketones is 1. The molecule has 2 aromatic heterocycles. The molecule has 1 saturated heterocycles. The Morgan fingerprint density at radius 1 is 1.17 bits per heavy atom. The molecule has 1 unspecified atom stereocenters. The molecule has 1 aliphatic rings. The molecule has 3 aromatic rings. The van der Waals surface area contributed by atoms with E-state index in [0.29, 0.717) is 22.8 Å². The zero-order chi connectivity index (χ0) is 20.7. The summed E-state index contributed by atoms with van der Waals surface area (Å²) in [7, 11) is 0. The van der Waals surface area contributed by atoms with E-state index in [2.05, 4.69) is 0 Å². The number of hydrogen-bond acceptors (Lipinski definition) is 5. The highest BCUT2D eigenvalue weighted by Crippen LogP contribution is 2.41. The minimum absolute atomic E-state index is 0.0149. The van der Waals surface area contributed by atoms with Crippen molar-refractivity contribution in [2.75, 3.05) is 0 Å². The van der Waals surface area contributed by atoms with Crippen LogP contribution in [0.5, 0.6) is 0 Å². The number of likely N-dealkylation sites (tertiary alicyclic amines) is 1. The first kappa shape index (κ1) is 18.7. The Balaban J connectivity index is 1.87. The van der Waals surface area contributed by atoms with Crippen molar-refractivity contribution in [2.24, 2.45) is 0 Å². The molecule has 0 spiro atoms. The molecule has 1 aromatic carbocycles. The summed E-state index contributed by atoms with van der Waals surface area (Å²) < 4.78 is 25.0. The number of carbonyl (C=O) groups is 2. The summed E-state index contributed by atoms with van der Waals surface area (Å²) in [5.74, 6) is -1.26. The minimum Gasteiger partial charge on any atom is -0.507 e. The van der Waals surface area contributed by atoms with Crippen LogP contribution in [0.3, 0.4) is 0 Å². The second-order valence-corrected chi connectivity index (χ2v) is 6.92. The summed E-state index contributed by atoms with van der Waals surface area (Å²) in [6.07, 6.45) is 1.47. The molecule has 29 heavy (non-hydrogen) atoms. The predicted octanol–water partition coefficient (Wildman–Crippen LogP) is 4.25. The van der Waals surface area contributed by atoms with Crippen molar-refractivity contribution < 1.29 is 27.9 Å². The van der Waals surface area contributed by atoms with Crippen LogP contribution in [0.25, 0.3) is 5.76 Å². The third-order valence-corrected chi connectivity index (χ3v) is 4.92. The van der Waals surface area contributed by atoms with Gasteiger partial charge in [0.1, 0.15) is 34.9 Å². The van der Waals surface area contributed by atoms with Crippen molar-refractivity contribution in [1.82, 2.24) is 4.90 Å². The van der Waals surface area contributed by atoms with E-state index in [0.717, 1.165) is 6.07 Å². The van der Waals surface area contributed by atoms with Gasteiger partial charge in [-0.15, -0.1) is 0 Å². The van der Waals surface area contributed by atoms with Crippen molar-refractivity contribution in [2.45, 2.75) is 26.4 Å². The molecule has 7 heteroatoms. The minimum atomic E-state index is -0.960. The lowest BCUT2D eigenvalue weighted by molar-refractivity contribution is -0.140. The van der Waals surface area contributed by atoms with Crippen LogP contribution in [0.4, 0.5) is 4.39 Å². The van der Waals surface area contributed by atoms with Gasteiger partial charge >= 0.3 is 0 Å². The SMILES string of the molecule is Cc1ccc(C2C(=C(O)c3ccc(C)c(F)c3)C(=O)C(=O)N2Cc2ccco2)o1. The van der Waals surface area contributed by atoms with E-state index in [9.17, 15) is 19.1 Å². The highest BCUT2D eigenvalue weighted by molar-refractivity contribution is 6.46. The second kappa shape index (κ2) is 7.09. The highest BCUT2D eigenvalue weighted by atomic mass is 19.1. The molecule has 4 rings (SSSR count). The average Bonchev–Trinajstić information content (AvgIpc) is 3.41. The van der Waals surface area contributed by atoms with Crippen LogP contribution in [0.1, 0.15) is 34.4 Å². The van der Waals surface area contributed by atoms with Crippen LogP contribution < -0.4 is 0 Å². The summed E-state index contributed by atoms with van der Waals surface area (Å²) in [6, 6.07) is 9.87. The molecule has 1 atom stereocenters. The molecule has 1 aliphatic heterocycles. The van der Waals surface area contributed by atoms with Gasteiger partial charge in [0.25, 0.3) is 11.7 Å². The first-order valence-corrected chi connectivity index (χ1v) is 9.00. The van der Waals surface area contributed by atoms with Gasteiger partial charge < -0.3 is 18.8 Å². The average molecular weight is 395 g/mol. The summed E-state index contributed by atoms with van der Waals surface area (Å²) in [4.78, 5) is 26.9. The lowest BCUT2D eigenvalue weighted by Gasteiger charge is -2.22. The summed E-state index contributed by atoms with van der Waals surface area (Å²) in [5.41, 5.74) is 0.356. The van der Waals surface area contributed by atoms with Gasteiger partial charge in [-0.1, -0.05) is 12.1 Å². The van der Waals surface area contributed by atoms with Crippen LogP contribution >= 0.6 is 0 Å². The summed E-state index contributed by atoms with van der Waals surface area (Å²) in [5, 5.41) is 10.9. The van der Waals surface area contributed by atoms with E-state index in [1.807, 2.05) is 0 Å². The Hall–Kier alpha value is -3.61. The molecule has 1 amide bonds. The largest absolute Gasteiger partial charge is 0.507 e. The molecule has 0 radical (unpaired) electrons. The number of aryl methyl sites for hydroxylation is 2. The Morgan fingerprint density at radius 2 is 1.97 bits per heavy atom. The molecule has 0 saturated carbocycles. The molecule has 6 nitrogen and oxygen atoms in total. The number of furan rings is 2. The van der Waals surface area contributed by atoms with E-state index >= 15 is 0 Å². The maximum absolute atomic E-state index is 14.0. The lowest BCUT2D eigenvalue weighted by Crippen LogP contribution is -2.28. The van der Waals surface area contributed by atoms with Gasteiger partial charge in [0, 0.05) is 5.56 Å². The van der Waals surface area contributed by atoms with E-state index in [1.54, 1.807) is 38.1 Å². The first-order chi connectivity index (χ1) is 13.9. The normalized spacial score (nSPS) is 18.6. The van der Waals surface area contributed by atoms with Gasteiger partial charge in [-0.3, -0.25) is 9.59 Å². The molecule has 0 bridgehead atoms. The van der Waals surface area contributed by atoms with E-state index in [4.69, 9.17) is 8.83 Å². The highest BCUT2D eigenvalue weighted by Gasteiger charge is 2.47. The number of Topliss-reactive ketones (excluding diaryl/α,β-unsaturated/α-hetero) is 1. The Morgan fingerprint density at radius 3 is 2.59 bits per heavy atom. The van der Waals surface area contributed by atoms with Crippen LogP contribution in [-0.4, -0.2) is 21.7 Å². The number of halogens is 1. The number of aliphatic hydroxyl groups is 1. The fourth-order valence-corrected chi connectivity index (χ4v) is 3.41. The van der Waals surface area contributed by atoms with Crippen molar-refractivity contribution in [3.8, 4) is 0 Å². The van der Waals surface area contributed by atoms with Crippen molar-refractivity contribution >= 4 is 17.4 Å². The van der Waals surface area contributed by atoms with Crippen LogP contribution in [0, 0.1) is 19.7 Å². The molecule has 1 N–H and O–H groups in total. The number of carbonyl (C=O) groups excluding carboxylic acids is 2. The number of nitrogens with zero attached hydrogens (tertiary/aromatic N) is 1. The number of hydrogen-bond donors (Lipinski definition) is 1. The number of rotatable bonds is 4. The van der Waals surface area contributed by atoms with Crippen molar-refractivity contribution in [1.29, 1.82) is 0 Å². The molecule has 3 heterocycles. The van der Waals surface area contributed by atoms with E-state index in [-0.39, 0.29) is 17.7 Å². The standard InChI is InChI=1S/C22H18FNO5/c1-12-5-7-14(10-16(12)23)20(25)18-19(17-8-6-13(2)29-17)24(22(27)21(18)26)11-15-4-3-9-28-15/h3-10,19,25H,11H2,1-2H3. The maximum Gasteiger partial charge on any atom is 0.296 e. The van der Waals surface area contributed by atoms with Gasteiger partial charge in [0.15, 0.2) is 0 Å². The quantitative estimate of drug-likeness (QED) is 0.406. The number of aliphatic hydroxyl groups excluding tert-OH is 1. The summed E-state index contributed by atoms with van der Waals surface area (Å²) >= 11 is 0. The molecule has 0 aliphatic carbocycles. The fraction of sp³-hybridized carbons (Fsp3) is 0.182. The first-order valence-electron chi connectivity index (χ1n) is 9.00. The fourth-order valence-electron chi connectivity index (χ4n) is 3.41. The molecule has 148 valence electrons. The Labute approximate surface area is 165 Å². The smallest absolute Gasteiger partial charge is 0.296 e. The topological polar surface area (TPSA) is 83.9 Å². The monoisotopic (exact) mass is 395 g/mol. The van der Waals surface area contributed by atoms with Crippen LogP contribution in [0.2, 0.25) is 0 Å². The van der Waals surface area contributed by atoms with Crippen molar-refractivity contribution in [3.05, 3.63) is 88.5 Å². The molecular formula is C22H18FNO5. The second-order valence-electron chi connectivity index (χ2n) is 6.92. The predicted molar refractivity (Wildman–Crippen MR) is 101 cm³/mol. The van der Waals surface area contributed by atoms with Gasteiger partial charge in [0.05, 0.1) is 18.4 Å². The van der Waals surface area contributed by atoms with E-state index in [1.165, 1.54) is 23.3 Å². The lowest BCUT2D eigenvalue weighted by atomic mass is 9.98. The maximum atomic E-state index is 14.0. The van der Waals surface area contributed by atoms with Gasteiger partial charge in [-0.2, -0.15) is 0 Å². The number of benzene rings is 1. The van der Waals surface area contributed by atoms with E-state index < -0.39 is 29.3 Å². The van der Waals surface area contributed by atoms with Crippen LogP contribution in [-0.2, 0) is 16.1 Å².